The van der Waals surface area contributed by atoms with Gasteiger partial charge in [-0.25, -0.2) is 0 Å². The summed E-state index contributed by atoms with van der Waals surface area (Å²) in [5.41, 5.74) is 2.16. The molecular formula is C17H18ClNO2. The molecule has 3 nitrogen and oxygen atoms in total. The van der Waals surface area contributed by atoms with Crippen molar-refractivity contribution >= 4 is 17.5 Å². The quantitative estimate of drug-likeness (QED) is 0.883. The predicted octanol–water partition coefficient (Wildman–Crippen LogP) is 3.73. The first-order valence-corrected chi connectivity index (χ1v) is 7.22. The van der Waals surface area contributed by atoms with E-state index in [0.29, 0.717) is 24.6 Å². The average Bonchev–Trinajstić information content (AvgIpc) is 2.47. The molecule has 0 aliphatic carbocycles. The van der Waals surface area contributed by atoms with Crippen LogP contribution in [0.25, 0.3) is 0 Å². The Morgan fingerprint density at radius 2 is 1.95 bits per heavy atom. The van der Waals surface area contributed by atoms with Crippen molar-refractivity contribution in [2.45, 2.75) is 19.9 Å². The molecule has 2 rings (SSSR count). The SMILES string of the molecule is Cc1cccc(OCCC(=O)NCc2ccc(Cl)cc2)c1. The maximum atomic E-state index is 11.7. The summed E-state index contributed by atoms with van der Waals surface area (Å²) in [5.74, 6) is 0.762. The molecule has 0 radical (unpaired) electrons. The van der Waals surface area contributed by atoms with Gasteiger partial charge >= 0.3 is 0 Å². The second-order valence-corrected chi connectivity index (χ2v) is 5.25. The molecule has 0 spiro atoms. The van der Waals surface area contributed by atoms with E-state index in [1.54, 1.807) is 0 Å². The summed E-state index contributed by atoms with van der Waals surface area (Å²) in [6.07, 6.45) is 0.335. The molecule has 0 bridgehead atoms. The molecule has 0 atom stereocenters. The van der Waals surface area contributed by atoms with Crippen molar-refractivity contribution in [1.29, 1.82) is 0 Å². The van der Waals surface area contributed by atoms with Gasteiger partial charge in [0.2, 0.25) is 5.91 Å². The zero-order valence-electron chi connectivity index (χ0n) is 11.9. The highest BCUT2D eigenvalue weighted by atomic mass is 35.5. The zero-order valence-corrected chi connectivity index (χ0v) is 12.7. The summed E-state index contributed by atoms with van der Waals surface area (Å²) >= 11 is 5.81. The number of aryl methyl sites for hydroxylation is 1. The van der Waals surface area contributed by atoms with E-state index in [0.717, 1.165) is 16.9 Å². The van der Waals surface area contributed by atoms with Gasteiger partial charge in [-0.1, -0.05) is 35.9 Å². The Balaban J connectivity index is 1.69. The van der Waals surface area contributed by atoms with Gasteiger partial charge in [0.15, 0.2) is 0 Å². The van der Waals surface area contributed by atoms with Gasteiger partial charge in [-0.15, -0.1) is 0 Å². The Bertz CT molecular complexity index is 596. The number of hydrogen-bond acceptors (Lipinski definition) is 2. The largest absolute Gasteiger partial charge is 0.493 e. The summed E-state index contributed by atoms with van der Waals surface area (Å²) in [6, 6.07) is 15.2. The summed E-state index contributed by atoms with van der Waals surface area (Å²) in [6.45, 7) is 2.88. The van der Waals surface area contributed by atoms with E-state index in [1.807, 2.05) is 55.5 Å². The number of carbonyl (C=O) groups excluding carboxylic acids is 1. The lowest BCUT2D eigenvalue weighted by molar-refractivity contribution is -0.121. The summed E-state index contributed by atoms with van der Waals surface area (Å²) < 4.78 is 5.55. The second kappa shape index (κ2) is 7.70. The van der Waals surface area contributed by atoms with Crippen LogP contribution in [0.15, 0.2) is 48.5 Å². The highest BCUT2D eigenvalue weighted by molar-refractivity contribution is 6.30. The number of benzene rings is 2. The third-order valence-electron chi connectivity index (χ3n) is 2.99. The summed E-state index contributed by atoms with van der Waals surface area (Å²) in [7, 11) is 0. The predicted molar refractivity (Wildman–Crippen MR) is 84.6 cm³/mol. The maximum Gasteiger partial charge on any atom is 0.223 e. The van der Waals surface area contributed by atoms with E-state index >= 15 is 0 Å². The molecule has 0 saturated heterocycles. The molecule has 0 saturated carbocycles. The lowest BCUT2D eigenvalue weighted by Gasteiger charge is -2.08. The van der Waals surface area contributed by atoms with Gasteiger partial charge in [0.1, 0.15) is 5.75 Å². The zero-order chi connectivity index (χ0) is 15.1. The fourth-order valence-electron chi connectivity index (χ4n) is 1.86. The van der Waals surface area contributed by atoms with Crippen LogP contribution in [0, 0.1) is 6.92 Å². The lowest BCUT2D eigenvalue weighted by atomic mass is 10.2. The number of rotatable bonds is 6. The topological polar surface area (TPSA) is 38.3 Å². The Kier molecular flexibility index (Phi) is 5.64. The third-order valence-corrected chi connectivity index (χ3v) is 3.24. The Morgan fingerprint density at radius 3 is 2.67 bits per heavy atom. The molecule has 1 amide bonds. The van der Waals surface area contributed by atoms with E-state index in [4.69, 9.17) is 16.3 Å². The minimum Gasteiger partial charge on any atom is -0.493 e. The van der Waals surface area contributed by atoms with Gasteiger partial charge in [-0.2, -0.15) is 0 Å². The average molecular weight is 304 g/mol. The molecule has 0 unspecified atom stereocenters. The fraction of sp³-hybridized carbons (Fsp3) is 0.235. The molecule has 2 aromatic rings. The summed E-state index contributed by atoms with van der Waals surface area (Å²) in [4.78, 5) is 11.7. The first-order chi connectivity index (χ1) is 10.1. The van der Waals surface area contributed by atoms with Crippen LogP contribution < -0.4 is 10.1 Å². The van der Waals surface area contributed by atoms with E-state index in [2.05, 4.69) is 5.32 Å². The van der Waals surface area contributed by atoms with E-state index in [1.165, 1.54) is 0 Å². The van der Waals surface area contributed by atoms with Crippen molar-refractivity contribution in [2.24, 2.45) is 0 Å². The van der Waals surface area contributed by atoms with Crippen LogP contribution in [0.2, 0.25) is 5.02 Å². The van der Waals surface area contributed by atoms with Crippen LogP contribution in [0.1, 0.15) is 17.5 Å². The number of halogens is 1. The molecule has 21 heavy (non-hydrogen) atoms. The van der Waals surface area contributed by atoms with Crippen LogP contribution in [0.4, 0.5) is 0 Å². The molecule has 0 aromatic heterocycles. The van der Waals surface area contributed by atoms with Crippen LogP contribution in [-0.2, 0) is 11.3 Å². The van der Waals surface area contributed by atoms with E-state index in [-0.39, 0.29) is 5.91 Å². The molecule has 0 aliphatic heterocycles. The highest BCUT2D eigenvalue weighted by Crippen LogP contribution is 2.12. The fourth-order valence-corrected chi connectivity index (χ4v) is 1.98. The maximum absolute atomic E-state index is 11.7. The number of ether oxygens (including phenoxy) is 1. The molecule has 0 fully saturated rings. The van der Waals surface area contributed by atoms with Crippen LogP contribution >= 0.6 is 11.6 Å². The Hall–Kier alpha value is -2.00. The van der Waals surface area contributed by atoms with Gasteiger partial charge < -0.3 is 10.1 Å². The van der Waals surface area contributed by atoms with Gasteiger partial charge in [0.05, 0.1) is 13.0 Å². The highest BCUT2D eigenvalue weighted by Gasteiger charge is 2.02. The van der Waals surface area contributed by atoms with Gasteiger partial charge in [-0.3, -0.25) is 4.79 Å². The van der Waals surface area contributed by atoms with Crippen molar-refractivity contribution in [3.63, 3.8) is 0 Å². The number of amides is 1. The smallest absolute Gasteiger partial charge is 0.223 e. The van der Waals surface area contributed by atoms with Crippen molar-refractivity contribution in [3.8, 4) is 5.75 Å². The first kappa shape index (κ1) is 15.4. The minimum atomic E-state index is -0.0300. The van der Waals surface area contributed by atoms with Gasteiger partial charge in [0.25, 0.3) is 0 Å². The number of nitrogens with one attached hydrogen (secondary N) is 1. The standard InChI is InChI=1S/C17H18ClNO2/c1-13-3-2-4-16(11-13)21-10-9-17(20)19-12-14-5-7-15(18)8-6-14/h2-8,11H,9-10,12H2,1H3,(H,19,20). The van der Waals surface area contributed by atoms with Gasteiger partial charge in [-0.05, 0) is 42.3 Å². The Morgan fingerprint density at radius 1 is 1.19 bits per heavy atom. The molecular weight excluding hydrogens is 286 g/mol. The molecule has 4 heteroatoms. The van der Waals surface area contributed by atoms with Crippen molar-refractivity contribution in [3.05, 3.63) is 64.7 Å². The Labute approximate surface area is 129 Å². The number of hydrogen-bond donors (Lipinski definition) is 1. The molecule has 2 aromatic carbocycles. The van der Waals surface area contributed by atoms with Crippen LogP contribution in [-0.4, -0.2) is 12.5 Å². The minimum absolute atomic E-state index is 0.0300. The van der Waals surface area contributed by atoms with Crippen LogP contribution in [0.5, 0.6) is 5.75 Å². The first-order valence-electron chi connectivity index (χ1n) is 6.84. The van der Waals surface area contributed by atoms with Crippen molar-refractivity contribution < 1.29 is 9.53 Å². The second-order valence-electron chi connectivity index (χ2n) is 4.82. The van der Waals surface area contributed by atoms with Crippen molar-refractivity contribution in [2.75, 3.05) is 6.61 Å². The van der Waals surface area contributed by atoms with E-state index < -0.39 is 0 Å². The molecule has 1 N–H and O–H groups in total. The van der Waals surface area contributed by atoms with Gasteiger partial charge in [0, 0.05) is 11.6 Å². The summed E-state index contributed by atoms with van der Waals surface area (Å²) in [5, 5.41) is 3.55. The number of carbonyl (C=O) groups is 1. The monoisotopic (exact) mass is 303 g/mol. The van der Waals surface area contributed by atoms with E-state index in [9.17, 15) is 4.79 Å². The molecule has 0 heterocycles. The third kappa shape index (κ3) is 5.48. The molecule has 110 valence electrons. The molecule has 0 aliphatic rings. The van der Waals surface area contributed by atoms with Crippen LogP contribution in [0.3, 0.4) is 0 Å². The lowest BCUT2D eigenvalue weighted by Crippen LogP contribution is -2.24. The van der Waals surface area contributed by atoms with Crippen molar-refractivity contribution in [1.82, 2.24) is 5.32 Å². The normalized spacial score (nSPS) is 10.2.